The Kier molecular flexibility index (Phi) is 5.61. The van der Waals surface area contributed by atoms with E-state index in [1.54, 1.807) is 0 Å². The van der Waals surface area contributed by atoms with Gasteiger partial charge in [-0.25, -0.2) is 4.98 Å². The van der Waals surface area contributed by atoms with E-state index in [-0.39, 0.29) is 6.10 Å². The average molecular weight is 311 g/mol. The number of piperidine rings is 1. The van der Waals surface area contributed by atoms with E-state index >= 15 is 0 Å². The predicted octanol–water partition coefficient (Wildman–Crippen LogP) is 2.24. The number of aliphatic hydroxyl groups excluding tert-OH is 1. The maximum atomic E-state index is 10.2. The van der Waals surface area contributed by atoms with Crippen LogP contribution in [0.4, 0.5) is 5.82 Å². The number of pyridine rings is 1. The number of nitrogens with zero attached hydrogens (tertiary/aromatic N) is 2. The molecule has 1 aliphatic heterocycles. The molecule has 2 N–H and O–H groups in total. The van der Waals surface area contributed by atoms with Crippen LogP contribution in [-0.4, -0.2) is 41.9 Å². The molecule has 2 aromatic rings. The lowest BCUT2D eigenvalue weighted by Gasteiger charge is -2.33. The van der Waals surface area contributed by atoms with Crippen molar-refractivity contribution in [2.45, 2.75) is 31.4 Å². The van der Waals surface area contributed by atoms with Crippen molar-refractivity contribution in [2.75, 3.05) is 24.5 Å². The Labute approximate surface area is 138 Å². The molecule has 1 saturated heterocycles. The smallest absolute Gasteiger partial charge is 0.128 e. The molecule has 1 fully saturated rings. The zero-order chi connectivity index (χ0) is 15.9. The van der Waals surface area contributed by atoms with Gasteiger partial charge in [0.1, 0.15) is 5.82 Å². The lowest BCUT2D eigenvalue weighted by atomic mass is 10.0. The van der Waals surface area contributed by atoms with Gasteiger partial charge >= 0.3 is 0 Å². The summed E-state index contributed by atoms with van der Waals surface area (Å²) in [5.41, 5.74) is 1.19. The SMILES string of the molecule is O[C@H](CNC1CCN(c2ccccn2)CC1)Cc1ccccc1. The van der Waals surface area contributed by atoms with Crippen LogP contribution in [0.3, 0.4) is 0 Å². The molecule has 23 heavy (non-hydrogen) atoms. The van der Waals surface area contributed by atoms with Gasteiger partial charge in [-0.15, -0.1) is 0 Å². The largest absolute Gasteiger partial charge is 0.391 e. The summed E-state index contributed by atoms with van der Waals surface area (Å²) < 4.78 is 0. The van der Waals surface area contributed by atoms with E-state index in [0.717, 1.165) is 31.7 Å². The zero-order valence-electron chi connectivity index (χ0n) is 13.4. The second-order valence-corrected chi connectivity index (χ2v) is 6.20. The summed E-state index contributed by atoms with van der Waals surface area (Å²) in [6.07, 6.45) is 4.41. The molecule has 0 bridgehead atoms. The average Bonchev–Trinajstić information content (AvgIpc) is 2.62. The Morgan fingerprint density at radius 2 is 1.83 bits per heavy atom. The van der Waals surface area contributed by atoms with Crippen LogP contribution in [0, 0.1) is 0 Å². The van der Waals surface area contributed by atoms with E-state index in [2.05, 4.69) is 33.4 Å². The van der Waals surface area contributed by atoms with Crippen molar-refractivity contribution in [3.63, 3.8) is 0 Å². The number of benzene rings is 1. The van der Waals surface area contributed by atoms with Crippen molar-refractivity contribution >= 4 is 5.82 Å². The predicted molar refractivity (Wildman–Crippen MR) is 93.6 cm³/mol. The molecule has 2 heterocycles. The molecule has 0 saturated carbocycles. The highest BCUT2D eigenvalue weighted by Crippen LogP contribution is 2.17. The summed E-state index contributed by atoms with van der Waals surface area (Å²) in [6.45, 7) is 2.69. The van der Waals surface area contributed by atoms with Gasteiger partial charge in [0, 0.05) is 31.9 Å². The van der Waals surface area contributed by atoms with E-state index in [0.29, 0.717) is 19.0 Å². The Morgan fingerprint density at radius 3 is 2.52 bits per heavy atom. The van der Waals surface area contributed by atoms with Gasteiger partial charge in [0.2, 0.25) is 0 Å². The molecule has 0 spiro atoms. The van der Waals surface area contributed by atoms with Crippen LogP contribution in [0.2, 0.25) is 0 Å². The fourth-order valence-corrected chi connectivity index (χ4v) is 3.11. The zero-order valence-corrected chi connectivity index (χ0v) is 13.4. The molecular weight excluding hydrogens is 286 g/mol. The molecule has 1 aromatic carbocycles. The third-order valence-corrected chi connectivity index (χ3v) is 4.42. The summed E-state index contributed by atoms with van der Waals surface area (Å²) in [5, 5.41) is 13.7. The molecule has 1 aromatic heterocycles. The minimum absolute atomic E-state index is 0.328. The van der Waals surface area contributed by atoms with Crippen molar-refractivity contribution in [1.29, 1.82) is 0 Å². The minimum atomic E-state index is -0.328. The Morgan fingerprint density at radius 1 is 1.09 bits per heavy atom. The molecule has 1 aliphatic rings. The minimum Gasteiger partial charge on any atom is -0.391 e. The molecule has 0 amide bonds. The summed E-state index contributed by atoms with van der Waals surface area (Å²) in [7, 11) is 0. The Bertz CT molecular complexity index is 568. The van der Waals surface area contributed by atoms with Crippen molar-refractivity contribution in [3.8, 4) is 0 Å². The van der Waals surface area contributed by atoms with E-state index in [9.17, 15) is 5.11 Å². The number of anilines is 1. The van der Waals surface area contributed by atoms with Crippen LogP contribution < -0.4 is 10.2 Å². The van der Waals surface area contributed by atoms with E-state index in [1.165, 1.54) is 5.56 Å². The number of hydrogen-bond acceptors (Lipinski definition) is 4. The highest BCUT2D eigenvalue weighted by molar-refractivity contribution is 5.38. The second-order valence-electron chi connectivity index (χ2n) is 6.20. The van der Waals surface area contributed by atoms with Crippen molar-refractivity contribution < 1.29 is 5.11 Å². The number of aromatic nitrogens is 1. The second kappa shape index (κ2) is 8.09. The Hall–Kier alpha value is -1.91. The fraction of sp³-hybridized carbons (Fsp3) is 0.421. The van der Waals surface area contributed by atoms with E-state index in [1.807, 2.05) is 36.5 Å². The normalized spacial score (nSPS) is 17.2. The maximum Gasteiger partial charge on any atom is 0.128 e. The monoisotopic (exact) mass is 311 g/mol. The van der Waals surface area contributed by atoms with E-state index in [4.69, 9.17) is 0 Å². The van der Waals surface area contributed by atoms with Gasteiger partial charge in [0.05, 0.1) is 6.10 Å². The van der Waals surface area contributed by atoms with Crippen molar-refractivity contribution in [2.24, 2.45) is 0 Å². The molecule has 1 atom stereocenters. The van der Waals surface area contributed by atoms with Gasteiger partial charge in [0.15, 0.2) is 0 Å². The first-order chi connectivity index (χ1) is 11.3. The molecule has 122 valence electrons. The third-order valence-electron chi connectivity index (χ3n) is 4.42. The van der Waals surface area contributed by atoms with Crippen LogP contribution >= 0.6 is 0 Å². The number of aliphatic hydroxyl groups is 1. The Balaban J connectivity index is 1.39. The molecule has 0 aliphatic carbocycles. The van der Waals surface area contributed by atoms with Crippen LogP contribution in [0.1, 0.15) is 18.4 Å². The van der Waals surface area contributed by atoms with Gasteiger partial charge in [-0.1, -0.05) is 36.4 Å². The lowest BCUT2D eigenvalue weighted by Crippen LogP contribution is -2.45. The molecule has 4 nitrogen and oxygen atoms in total. The number of hydrogen-bond donors (Lipinski definition) is 2. The first-order valence-corrected chi connectivity index (χ1v) is 8.42. The topological polar surface area (TPSA) is 48.4 Å². The number of rotatable bonds is 6. The third kappa shape index (κ3) is 4.78. The molecule has 3 rings (SSSR count). The van der Waals surface area contributed by atoms with Gasteiger partial charge in [-0.05, 0) is 37.0 Å². The quantitative estimate of drug-likeness (QED) is 0.859. The van der Waals surface area contributed by atoms with Gasteiger partial charge in [-0.2, -0.15) is 0 Å². The van der Waals surface area contributed by atoms with Crippen LogP contribution in [-0.2, 0) is 6.42 Å². The number of nitrogens with one attached hydrogen (secondary N) is 1. The van der Waals surface area contributed by atoms with Crippen molar-refractivity contribution in [3.05, 3.63) is 60.3 Å². The first kappa shape index (κ1) is 16.0. The van der Waals surface area contributed by atoms with Gasteiger partial charge in [0.25, 0.3) is 0 Å². The maximum absolute atomic E-state index is 10.2. The fourth-order valence-electron chi connectivity index (χ4n) is 3.11. The van der Waals surface area contributed by atoms with Crippen LogP contribution in [0.25, 0.3) is 0 Å². The highest BCUT2D eigenvalue weighted by atomic mass is 16.3. The van der Waals surface area contributed by atoms with Gasteiger partial charge in [-0.3, -0.25) is 0 Å². The van der Waals surface area contributed by atoms with E-state index < -0.39 is 0 Å². The highest BCUT2D eigenvalue weighted by Gasteiger charge is 2.20. The van der Waals surface area contributed by atoms with Gasteiger partial charge < -0.3 is 15.3 Å². The molecule has 0 radical (unpaired) electrons. The summed E-state index contributed by atoms with van der Waals surface area (Å²) >= 11 is 0. The summed E-state index contributed by atoms with van der Waals surface area (Å²) in [5.74, 6) is 1.06. The molecule has 0 unspecified atom stereocenters. The van der Waals surface area contributed by atoms with Crippen molar-refractivity contribution in [1.82, 2.24) is 10.3 Å². The standard InChI is InChI=1S/C19H25N3O/c23-18(14-16-6-2-1-3-7-16)15-21-17-9-12-22(13-10-17)19-8-4-5-11-20-19/h1-8,11,17-18,21,23H,9-10,12-15H2/t18-/m0/s1. The summed E-state index contributed by atoms with van der Waals surface area (Å²) in [4.78, 5) is 6.75. The molecule has 4 heteroatoms. The van der Waals surface area contributed by atoms with Crippen LogP contribution in [0.15, 0.2) is 54.7 Å². The summed E-state index contributed by atoms with van der Waals surface area (Å²) in [6, 6.07) is 16.7. The molecular formula is C19H25N3O. The lowest BCUT2D eigenvalue weighted by molar-refractivity contribution is 0.164. The van der Waals surface area contributed by atoms with Crippen LogP contribution in [0.5, 0.6) is 0 Å². The first-order valence-electron chi connectivity index (χ1n) is 8.42.